The largest absolute Gasteiger partial charge is 0.236 e. The van der Waals surface area contributed by atoms with Crippen molar-refractivity contribution in [2.24, 2.45) is 11.8 Å². The van der Waals surface area contributed by atoms with E-state index in [1.54, 1.807) is 0 Å². The maximum atomic E-state index is 5.38. The van der Waals surface area contributed by atoms with Gasteiger partial charge < -0.3 is 0 Å². The molecule has 2 rings (SSSR count). The molecule has 0 unspecified atom stereocenters. The van der Waals surface area contributed by atoms with Crippen LogP contribution in [0.1, 0.15) is 64.2 Å². The second-order valence-corrected chi connectivity index (χ2v) is 5.58. The predicted molar refractivity (Wildman–Crippen MR) is 65.1 cm³/mol. The van der Waals surface area contributed by atoms with Crippen LogP contribution >= 0.6 is 0 Å². The fourth-order valence-corrected chi connectivity index (χ4v) is 3.00. The molecule has 0 N–H and O–H groups in total. The molecule has 2 aliphatic carbocycles. The van der Waals surface area contributed by atoms with Gasteiger partial charge in [-0.05, 0) is 37.5 Å². The van der Waals surface area contributed by atoms with E-state index < -0.39 is 0 Å². The quantitative estimate of drug-likeness (QED) is 0.399. The van der Waals surface area contributed by atoms with E-state index in [0.717, 1.165) is 25.0 Å². The average molecular weight is 226 g/mol. The topological polar surface area (TPSA) is 18.5 Å². The molecule has 0 aromatic heterocycles. The van der Waals surface area contributed by atoms with Crippen LogP contribution in [0, 0.1) is 11.8 Å². The lowest BCUT2D eigenvalue weighted by Crippen LogP contribution is -2.17. The number of rotatable bonds is 5. The lowest BCUT2D eigenvalue weighted by molar-refractivity contribution is -0.309. The SMILES string of the molecule is C1CCC(COOCC2CCCCC2)CC1. The zero-order valence-corrected chi connectivity index (χ0v) is 10.5. The Morgan fingerprint density at radius 1 is 0.562 bits per heavy atom. The van der Waals surface area contributed by atoms with Gasteiger partial charge >= 0.3 is 0 Å². The van der Waals surface area contributed by atoms with E-state index in [2.05, 4.69) is 0 Å². The Morgan fingerprint density at radius 3 is 1.31 bits per heavy atom. The fourth-order valence-electron chi connectivity index (χ4n) is 3.00. The average Bonchev–Trinajstić information content (AvgIpc) is 2.37. The fraction of sp³-hybridized carbons (Fsp3) is 1.00. The molecule has 0 amide bonds. The lowest BCUT2D eigenvalue weighted by Gasteiger charge is -2.23. The third-order valence-electron chi connectivity index (χ3n) is 4.14. The van der Waals surface area contributed by atoms with Crippen LogP contribution in [0.4, 0.5) is 0 Å². The summed E-state index contributed by atoms with van der Waals surface area (Å²) in [7, 11) is 0. The lowest BCUT2D eigenvalue weighted by atomic mass is 9.90. The highest BCUT2D eigenvalue weighted by molar-refractivity contribution is 4.65. The summed E-state index contributed by atoms with van der Waals surface area (Å²) in [6.45, 7) is 1.65. The summed E-state index contributed by atoms with van der Waals surface area (Å²) in [4.78, 5) is 10.8. The van der Waals surface area contributed by atoms with Gasteiger partial charge in [-0.15, -0.1) is 0 Å². The molecule has 16 heavy (non-hydrogen) atoms. The Kier molecular flexibility index (Phi) is 5.64. The van der Waals surface area contributed by atoms with Gasteiger partial charge in [0.1, 0.15) is 0 Å². The van der Waals surface area contributed by atoms with Crippen molar-refractivity contribution in [2.75, 3.05) is 13.2 Å². The minimum Gasteiger partial charge on any atom is -0.236 e. The molecule has 2 aliphatic rings. The normalized spacial score (nSPS) is 24.8. The van der Waals surface area contributed by atoms with Crippen molar-refractivity contribution in [1.29, 1.82) is 0 Å². The Bertz CT molecular complexity index is 150. The molecule has 0 radical (unpaired) electrons. The van der Waals surface area contributed by atoms with Crippen molar-refractivity contribution in [3.63, 3.8) is 0 Å². The summed E-state index contributed by atoms with van der Waals surface area (Å²) in [5.74, 6) is 1.53. The Balaban J connectivity index is 1.47. The maximum absolute atomic E-state index is 5.38. The van der Waals surface area contributed by atoms with Crippen molar-refractivity contribution in [2.45, 2.75) is 64.2 Å². The molecule has 2 saturated carbocycles. The van der Waals surface area contributed by atoms with Gasteiger partial charge in [-0.2, -0.15) is 0 Å². The van der Waals surface area contributed by atoms with Crippen LogP contribution in [-0.4, -0.2) is 13.2 Å². The predicted octanol–water partition coefficient (Wildman–Crippen LogP) is 4.10. The van der Waals surface area contributed by atoms with Crippen molar-refractivity contribution in [3.05, 3.63) is 0 Å². The number of hydrogen-bond donors (Lipinski definition) is 0. The molecule has 0 aliphatic heterocycles. The Morgan fingerprint density at radius 2 is 0.938 bits per heavy atom. The van der Waals surface area contributed by atoms with Gasteiger partial charge in [0.15, 0.2) is 0 Å². The van der Waals surface area contributed by atoms with Gasteiger partial charge in [0.2, 0.25) is 0 Å². The van der Waals surface area contributed by atoms with Gasteiger partial charge in [0.05, 0.1) is 13.2 Å². The minimum atomic E-state index is 0.764. The van der Waals surface area contributed by atoms with Gasteiger partial charge in [-0.25, -0.2) is 9.78 Å². The Labute approximate surface area is 99.6 Å². The molecule has 0 heterocycles. The molecule has 0 aromatic rings. The summed E-state index contributed by atoms with van der Waals surface area (Å²) in [6, 6.07) is 0. The first-order valence-corrected chi connectivity index (χ1v) is 7.19. The van der Waals surface area contributed by atoms with Crippen LogP contribution < -0.4 is 0 Å². The Hall–Kier alpha value is -0.0800. The van der Waals surface area contributed by atoms with Crippen molar-refractivity contribution in [3.8, 4) is 0 Å². The van der Waals surface area contributed by atoms with Crippen LogP contribution in [0.15, 0.2) is 0 Å². The van der Waals surface area contributed by atoms with Gasteiger partial charge in [-0.3, -0.25) is 0 Å². The summed E-state index contributed by atoms with van der Waals surface area (Å²) < 4.78 is 0. The highest BCUT2D eigenvalue weighted by Crippen LogP contribution is 2.25. The summed E-state index contributed by atoms with van der Waals surface area (Å²) in [5.41, 5.74) is 0. The monoisotopic (exact) mass is 226 g/mol. The summed E-state index contributed by atoms with van der Waals surface area (Å²) >= 11 is 0. The first-order chi connectivity index (χ1) is 7.95. The van der Waals surface area contributed by atoms with E-state index in [-0.39, 0.29) is 0 Å². The third-order valence-corrected chi connectivity index (χ3v) is 4.14. The molecular weight excluding hydrogens is 200 g/mol. The minimum absolute atomic E-state index is 0.764. The van der Waals surface area contributed by atoms with E-state index in [1.807, 2.05) is 0 Å². The van der Waals surface area contributed by atoms with E-state index in [1.165, 1.54) is 64.2 Å². The van der Waals surface area contributed by atoms with E-state index >= 15 is 0 Å². The summed E-state index contributed by atoms with van der Waals surface area (Å²) in [5, 5.41) is 0. The van der Waals surface area contributed by atoms with Crippen LogP contribution in [0.3, 0.4) is 0 Å². The summed E-state index contributed by atoms with van der Waals surface area (Å²) in [6.07, 6.45) is 13.7. The zero-order valence-electron chi connectivity index (χ0n) is 10.5. The van der Waals surface area contributed by atoms with Crippen LogP contribution in [-0.2, 0) is 9.78 Å². The maximum Gasteiger partial charge on any atom is 0.0850 e. The molecule has 2 fully saturated rings. The highest BCUT2D eigenvalue weighted by Gasteiger charge is 2.16. The van der Waals surface area contributed by atoms with E-state index in [9.17, 15) is 0 Å². The van der Waals surface area contributed by atoms with Gasteiger partial charge in [-0.1, -0.05) is 38.5 Å². The second kappa shape index (κ2) is 7.29. The van der Waals surface area contributed by atoms with Crippen LogP contribution in [0.2, 0.25) is 0 Å². The zero-order chi connectivity index (χ0) is 11.1. The van der Waals surface area contributed by atoms with Crippen molar-refractivity contribution < 1.29 is 9.78 Å². The van der Waals surface area contributed by atoms with Crippen molar-refractivity contribution in [1.82, 2.24) is 0 Å². The standard InChI is InChI=1S/C14H26O2/c1-3-7-13(8-4-1)11-15-16-12-14-9-5-2-6-10-14/h13-14H,1-12H2. The van der Waals surface area contributed by atoms with Crippen LogP contribution in [0.5, 0.6) is 0 Å². The highest BCUT2D eigenvalue weighted by atomic mass is 17.2. The molecule has 94 valence electrons. The molecule has 2 nitrogen and oxygen atoms in total. The molecular formula is C14H26O2. The van der Waals surface area contributed by atoms with Gasteiger partial charge in [0, 0.05) is 0 Å². The van der Waals surface area contributed by atoms with Gasteiger partial charge in [0.25, 0.3) is 0 Å². The van der Waals surface area contributed by atoms with Crippen LogP contribution in [0.25, 0.3) is 0 Å². The smallest absolute Gasteiger partial charge is 0.0850 e. The molecule has 2 heteroatoms. The first kappa shape index (κ1) is 12.4. The van der Waals surface area contributed by atoms with Crippen molar-refractivity contribution >= 4 is 0 Å². The second-order valence-electron chi connectivity index (χ2n) is 5.58. The molecule has 0 bridgehead atoms. The molecule has 0 spiro atoms. The molecule has 0 saturated heterocycles. The number of hydrogen-bond acceptors (Lipinski definition) is 2. The van der Waals surface area contributed by atoms with E-state index in [0.29, 0.717) is 0 Å². The molecule has 0 aromatic carbocycles. The molecule has 0 atom stereocenters. The third kappa shape index (κ3) is 4.42. The van der Waals surface area contributed by atoms with E-state index in [4.69, 9.17) is 9.78 Å². The first-order valence-electron chi connectivity index (χ1n) is 7.19.